The fraction of sp³-hybridized carbons (Fsp3) is 0.557. The Hall–Kier alpha value is -6.68. The second-order valence-corrected chi connectivity index (χ2v) is 32.6. The van der Waals surface area contributed by atoms with E-state index in [0.717, 1.165) is 58.9 Å². The lowest BCUT2D eigenvalue weighted by atomic mass is 9.78. The molecule has 0 fully saturated rings. The van der Waals surface area contributed by atoms with Crippen molar-refractivity contribution in [2.45, 2.75) is 255 Å². The summed E-state index contributed by atoms with van der Waals surface area (Å²) < 4.78 is 20.3. The molecule has 0 aromatic rings. The summed E-state index contributed by atoms with van der Waals surface area (Å²) >= 11 is 6.21. The van der Waals surface area contributed by atoms with E-state index >= 15 is 0 Å². The van der Waals surface area contributed by atoms with E-state index in [9.17, 15) is 44.2 Å². The van der Waals surface area contributed by atoms with Crippen LogP contribution in [0.15, 0.2) is 126 Å². The number of carbonyl (C=O) groups excluding carboxylic acids is 5. The van der Waals surface area contributed by atoms with Crippen LogP contribution in [0.4, 0.5) is 0 Å². The highest BCUT2D eigenvalue weighted by Crippen LogP contribution is 2.39. The van der Waals surface area contributed by atoms with E-state index in [1.165, 1.54) is 21.3 Å². The van der Waals surface area contributed by atoms with Gasteiger partial charge in [-0.1, -0.05) is 172 Å². The number of halogens is 2. The van der Waals surface area contributed by atoms with Crippen LogP contribution in [0.2, 0.25) is 18.1 Å². The van der Waals surface area contributed by atoms with E-state index < -0.39 is 21.5 Å². The topological polar surface area (TPSA) is 223 Å². The first-order valence-electron chi connectivity index (χ1n) is 35.5. The molecule has 0 aliphatic carbocycles. The highest BCUT2D eigenvalue weighted by atomic mass is 79.9. The molecule has 0 aliphatic heterocycles. The van der Waals surface area contributed by atoms with Crippen LogP contribution in [0.5, 0.6) is 0 Å². The van der Waals surface area contributed by atoms with E-state index in [4.69, 9.17) is 16.0 Å². The van der Waals surface area contributed by atoms with Crippen LogP contribution in [0.25, 0.3) is 0 Å². The molecule has 0 aromatic heterocycles. The molecule has 10 atom stereocenters. The first kappa shape index (κ1) is 119. The monoisotopic (exact) mass is 1630 g/mol. The van der Waals surface area contributed by atoms with Gasteiger partial charge >= 0.3 is 25.0 Å². The zero-order valence-corrected chi connectivity index (χ0v) is 75.4. The molecule has 0 amide bonds. The number of hydrogen-bond donors (Lipinski definition) is 5. The summed E-state index contributed by atoms with van der Waals surface area (Å²) in [5, 5.41) is 46.6. The molecule has 0 saturated heterocycles. The lowest BCUT2D eigenvalue weighted by molar-refractivity contribution is -0.136. The molecule has 0 aliphatic rings. The molecular weight excluding hydrogens is 1490 g/mol. The lowest BCUT2D eigenvalue weighted by Gasteiger charge is -2.40. The summed E-state index contributed by atoms with van der Waals surface area (Å²) in [7, 11) is 0.815. The van der Waals surface area contributed by atoms with Gasteiger partial charge in [-0.3, -0.25) is 0 Å². The van der Waals surface area contributed by atoms with Gasteiger partial charge in [-0.15, -0.1) is 65.6 Å². The van der Waals surface area contributed by atoms with E-state index in [2.05, 4.69) is 159 Å². The lowest BCUT2D eigenvalue weighted by Crippen LogP contribution is -2.45. The zero-order chi connectivity index (χ0) is 84.3. The third kappa shape index (κ3) is 72.0. The van der Waals surface area contributed by atoms with Gasteiger partial charge in [-0.2, -0.15) is 0 Å². The molecule has 3 radical (unpaired) electrons. The smallest absolute Gasteiger partial charge is 0.466 e. The number of aldehydes is 2. The van der Waals surface area contributed by atoms with Crippen molar-refractivity contribution >= 4 is 86.2 Å². The van der Waals surface area contributed by atoms with Crippen molar-refractivity contribution in [1.82, 2.24) is 0 Å². The maximum Gasteiger partial charge on any atom is 0.483 e. The molecule has 0 heterocycles. The quantitative estimate of drug-likeness (QED) is 0.00719. The minimum Gasteiger partial charge on any atom is -0.466 e. The summed E-state index contributed by atoms with van der Waals surface area (Å²) in [4.78, 5) is 56.6. The van der Waals surface area contributed by atoms with Gasteiger partial charge in [-0.25, -0.2) is 14.4 Å². The van der Waals surface area contributed by atoms with Crippen LogP contribution in [0.1, 0.15) is 219 Å². The first-order chi connectivity index (χ1) is 49.3. The number of methoxy groups -OCH3 is 3. The van der Waals surface area contributed by atoms with Crippen molar-refractivity contribution in [2.75, 3.05) is 27.9 Å². The molecule has 0 unspecified atom stereocenters. The summed E-state index contributed by atoms with van der Waals surface area (Å²) in [6.45, 7) is 55.0. The normalized spacial score (nSPS) is 14.6. The molecule has 0 bridgehead atoms. The summed E-state index contributed by atoms with van der Waals surface area (Å²) in [6.07, 6.45) is 28.9. The number of ether oxygens (including phenoxy) is 3. The second-order valence-electron chi connectivity index (χ2n) is 27.0. The van der Waals surface area contributed by atoms with Gasteiger partial charge in [0.05, 0.1) is 52.7 Å². The van der Waals surface area contributed by atoms with Crippen molar-refractivity contribution in [3.8, 4) is 71.5 Å². The van der Waals surface area contributed by atoms with E-state index in [1.54, 1.807) is 62.8 Å². The Labute approximate surface area is 672 Å². The average Bonchev–Trinajstić information content (AvgIpc) is 0.823. The first-order valence-corrected chi connectivity index (χ1v) is 40.3. The molecule has 0 rings (SSSR count). The highest BCUT2D eigenvalue weighted by molar-refractivity contribution is 9.11. The third-order valence-electron chi connectivity index (χ3n) is 15.7. The zero-order valence-electron chi connectivity index (χ0n) is 71.2. The Kier molecular flexibility index (Phi) is 82.9. The molecule has 0 aromatic carbocycles. The van der Waals surface area contributed by atoms with Gasteiger partial charge in [-0.05, 0) is 198 Å². The van der Waals surface area contributed by atoms with E-state index in [0.29, 0.717) is 65.6 Å². The number of esters is 3. The van der Waals surface area contributed by atoms with Crippen LogP contribution >= 0.6 is 31.9 Å². The summed E-state index contributed by atoms with van der Waals surface area (Å²) in [5.74, 6) is 32.2. The second kappa shape index (κ2) is 74.8. The van der Waals surface area contributed by atoms with Crippen LogP contribution in [-0.2, 0) is 42.6 Å². The fourth-order valence-corrected chi connectivity index (χ4v) is 9.42. The van der Waals surface area contributed by atoms with Gasteiger partial charge < -0.3 is 53.6 Å². The SMILES string of the molecule is C#CC[C@@H](O)[C@H](C)/C=C(C)/C=C(C)/C=C(\C)C(=O)OC.C/C(=C\Br)CO.C/C=C/C[C@@H](O)[C@H](C)/C=C(C)/C=C(C)/C=C(\C)C(=O)OC.CC#CCC=O.CC#CC[C@@H](C)[C@H](C)C#CC.CC#CC[C@@H](C)[C@H](C)C=O.CC#CC[C@@H](O[Si](C)(C)C(C)(C)C)[C@H](C)/C=C(\C)B(O)O.COC(=O)/C(C)=C/C(C)=C/Br.[B]. The Morgan fingerprint density at radius 1 is 0.551 bits per heavy atom. The van der Waals surface area contributed by atoms with Gasteiger partial charge in [0, 0.05) is 74.5 Å². The van der Waals surface area contributed by atoms with Gasteiger partial charge in [0.15, 0.2) is 8.32 Å². The number of carbonyl (C=O) groups is 5. The minimum absolute atomic E-state index is 0. The number of terminal acetylenes is 1. The maximum absolute atomic E-state index is 11.3. The summed E-state index contributed by atoms with van der Waals surface area (Å²) in [6, 6.07) is 0. The molecular formula is C88H137B2Br2O14Si. The van der Waals surface area contributed by atoms with Crippen LogP contribution in [0, 0.1) is 113 Å². The standard InChI is InChI=1S/C18H28O3.C17H24O3.C16H31BO3Si.C11H16.C9H14O.C8H11BrO2.C5H6O.C4H7BrO.B/c1-7-8-9-17(19)15(4)11-13(2)10-14(3)12-16(5)18(20)21-6;1-7-8-16(18)14(4)10-12(2)9-13(3)11-15(5)17(19)20-6;1-9-10-11-15(13(2)12-14(3)17(18)19)20-21(7,8)16(4,5)6;1-5-7-9-11(4)10(3)8-6-2;1-4-5-6-8(2)9(3)7-10;1-6(5-9)4-7(2)8(10)11-3;1-2-3-4-5-6;1-4(2-5)3-6;/h7-8,10-12,15,17,19H,9H2,1-6H3;1,9-11,14,16,18H,8H2,2-6H3;12-13,15,18-19H,11H2,1-8H3;10-11H,9H2,1-4H3;7-9H,6H2,1-3H3;4-5H,1-3H3;5H,4H2,1H3;2,6H,3H2,1H3;/b8-7+,13-11+,14-10+,16-12+;12-10+,13-9+,15-11+;14-12+;;;6-5+,7-4+;;4-2+;/t15-,17-;14-,16-;13-,15-;10-,11-;8-,9-;;;;/m11111..../s1. The Morgan fingerprint density at radius 2 is 0.953 bits per heavy atom. The third-order valence-corrected chi connectivity index (χ3v) is 21.7. The number of hydrogen-bond acceptors (Lipinski definition) is 14. The van der Waals surface area contributed by atoms with Crippen LogP contribution in [0.3, 0.4) is 0 Å². The minimum atomic E-state index is -1.88. The van der Waals surface area contributed by atoms with Gasteiger partial charge in [0.25, 0.3) is 0 Å². The van der Waals surface area contributed by atoms with Crippen molar-refractivity contribution in [3.63, 3.8) is 0 Å². The number of aliphatic hydroxyl groups excluding tert-OH is 3. The predicted molar refractivity (Wildman–Crippen MR) is 463 cm³/mol. The predicted octanol–water partition coefficient (Wildman–Crippen LogP) is 18.8. The van der Waals surface area contributed by atoms with Crippen LogP contribution in [-0.4, -0.2) is 126 Å². The van der Waals surface area contributed by atoms with E-state index in [1.807, 2.05) is 153 Å². The molecule has 0 saturated carbocycles. The molecule has 14 nitrogen and oxygen atoms in total. The van der Waals surface area contributed by atoms with E-state index in [-0.39, 0.29) is 73.8 Å². The Bertz CT molecular complexity index is 3270. The van der Waals surface area contributed by atoms with Crippen LogP contribution < -0.4 is 0 Å². The Morgan fingerprint density at radius 3 is 1.26 bits per heavy atom. The largest absolute Gasteiger partial charge is 0.483 e. The molecule has 19 heteroatoms. The molecule has 597 valence electrons. The molecule has 0 spiro atoms. The van der Waals surface area contributed by atoms with Gasteiger partial charge in [0.2, 0.25) is 0 Å². The number of rotatable bonds is 28. The fourth-order valence-electron chi connectivity index (χ4n) is 7.73. The average molecular weight is 1630 g/mol. The highest BCUT2D eigenvalue weighted by Gasteiger charge is 2.40. The van der Waals surface area contributed by atoms with Crippen molar-refractivity contribution < 1.29 is 68.0 Å². The summed E-state index contributed by atoms with van der Waals surface area (Å²) in [5.41, 5.74) is 8.18. The molecule has 107 heavy (non-hydrogen) atoms. The number of aliphatic hydroxyl groups is 3. The van der Waals surface area contributed by atoms with Crippen molar-refractivity contribution in [2.24, 2.45) is 41.4 Å². The Balaban J connectivity index is -0.000000152. The van der Waals surface area contributed by atoms with Gasteiger partial charge in [0.1, 0.15) is 12.6 Å². The molecule has 5 N–H and O–H groups in total. The maximum atomic E-state index is 11.3. The number of allylic oxidation sites excluding steroid dienone is 12. The van der Waals surface area contributed by atoms with Crippen molar-refractivity contribution in [1.29, 1.82) is 0 Å². The van der Waals surface area contributed by atoms with Crippen molar-refractivity contribution in [3.05, 3.63) is 126 Å².